The van der Waals surface area contributed by atoms with Crippen LogP contribution in [0.5, 0.6) is 11.5 Å². The van der Waals surface area contributed by atoms with E-state index >= 15 is 0 Å². The minimum Gasteiger partial charge on any atom is -0.507 e. The van der Waals surface area contributed by atoms with Gasteiger partial charge in [0.1, 0.15) is 22.7 Å². The van der Waals surface area contributed by atoms with Crippen molar-refractivity contribution >= 4 is 23.8 Å². The normalized spacial score (nSPS) is 19.6. The van der Waals surface area contributed by atoms with Crippen molar-refractivity contribution in [2.45, 2.75) is 105 Å². The lowest BCUT2D eigenvalue weighted by Crippen LogP contribution is -2.49. The Kier molecular flexibility index (Phi) is 15.1. The molecule has 14 nitrogen and oxygen atoms in total. The summed E-state index contributed by atoms with van der Waals surface area (Å²) in [7, 11) is 0. The van der Waals surface area contributed by atoms with Gasteiger partial charge in [0.05, 0.1) is 35.4 Å². The quantitative estimate of drug-likeness (QED) is 0.151. The smallest absolute Gasteiger partial charge is 0.312 e. The number of anilines is 2. The number of phenolic OH excluding ortho intramolecular Hbond substituents is 2. The van der Waals surface area contributed by atoms with Gasteiger partial charge in [0.2, 0.25) is 11.9 Å². The molecular weight excluding hydrogens is 765 g/mol. The Bertz CT molecular complexity index is 1940. The van der Waals surface area contributed by atoms with Crippen molar-refractivity contribution in [1.29, 1.82) is 0 Å². The molecule has 2 aromatic carbocycles. The summed E-state index contributed by atoms with van der Waals surface area (Å²) in [5.74, 6) is 0.478. The summed E-state index contributed by atoms with van der Waals surface area (Å²) in [6.07, 6.45) is 3.99. The maximum Gasteiger partial charge on any atom is 0.312 e. The summed E-state index contributed by atoms with van der Waals surface area (Å²) >= 11 is 0. The summed E-state index contributed by atoms with van der Waals surface area (Å²) < 4.78 is 23.0. The van der Waals surface area contributed by atoms with Crippen LogP contribution in [0.1, 0.15) is 79.4 Å². The number of rotatable bonds is 10. The molecule has 2 N–H and O–H groups in total. The number of phenols is 2. The summed E-state index contributed by atoms with van der Waals surface area (Å²) in [4.78, 5) is 47.6. The van der Waals surface area contributed by atoms with Crippen molar-refractivity contribution in [1.82, 2.24) is 19.9 Å². The van der Waals surface area contributed by atoms with Crippen LogP contribution in [-0.4, -0.2) is 105 Å². The number of para-hydroxylation sites is 2. The van der Waals surface area contributed by atoms with Gasteiger partial charge in [0.25, 0.3) is 0 Å². The maximum absolute atomic E-state index is 12.7. The third-order valence-electron chi connectivity index (χ3n) is 10.2. The van der Waals surface area contributed by atoms with E-state index in [9.17, 15) is 19.8 Å². The third kappa shape index (κ3) is 11.9. The second kappa shape index (κ2) is 19.8. The number of carbonyl (C=O) groups is 2. The number of hydrogen-bond donors (Lipinski definition) is 2. The van der Waals surface area contributed by atoms with Crippen LogP contribution in [0.4, 0.5) is 11.9 Å². The molecule has 2 fully saturated rings. The molecule has 4 atom stereocenters. The molecule has 0 aliphatic carbocycles. The molecule has 0 radical (unpaired) electrons. The van der Waals surface area contributed by atoms with E-state index in [-0.39, 0.29) is 47.5 Å². The molecule has 0 amide bonds. The number of aromatic hydroxyl groups is 2. The fraction of sp³-hybridized carbons (Fsp3) is 0.522. The zero-order valence-corrected chi connectivity index (χ0v) is 36.8. The first-order valence-corrected chi connectivity index (χ1v) is 20.8. The summed E-state index contributed by atoms with van der Waals surface area (Å²) in [5, 5.41) is 20.8. The fourth-order valence-corrected chi connectivity index (χ4v) is 7.29. The third-order valence-corrected chi connectivity index (χ3v) is 10.2. The number of carbonyl (C=O) groups excluding carboxylic acids is 2. The SMILES string of the molecule is CCO[C@@H]1CN(c2nccc(-c3cccc(C)c3O)n2)CC[C@@H]1C(=O)OC(C)(C)C.CCO[C@H]1CN(c2nccc(-c3cccc(C)c3O)n2)CC[C@H]1C(=O)OC(C)(C)C. The van der Waals surface area contributed by atoms with Gasteiger partial charge in [0.15, 0.2) is 0 Å². The lowest BCUT2D eigenvalue weighted by Gasteiger charge is -2.38. The fourth-order valence-electron chi connectivity index (χ4n) is 7.29. The van der Waals surface area contributed by atoms with E-state index < -0.39 is 11.2 Å². The van der Waals surface area contributed by atoms with Gasteiger partial charge in [-0.15, -0.1) is 0 Å². The van der Waals surface area contributed by atoms with Crippen molar-refractivity contribution in [3.63, 3.8) is 0 Å². The van der Waals surface area contributed by atoms with Crippen LogP contribution in [0.25, 0.3) is 22.5 Å². The number of ether oxygens (including phenoxy) is 4. The van der Waals surface area contributed by atoms with Crippen molar-refractivity contribution < 1.29 is 38.7 Å². The molecule has 2 aromatic heterocycles. The highest BCUT2D eigenvalue weighted by Crippen LogP contribution is 2.34. The van der Waals surface area contributed by atoms with Gasteiger partial charge in [-0.25, -0.2) is 19.9 Å². The molecule has 0 bridgehead atoms. The molecule has 14 heteroatoms. The number of aryl methyl sites for hydroxylation is 2. The number of aromatic nitrogens is 4. The lowest BCUT2D eigenvalue weighted by molar-refractivity contribution is -0.167. The predicted molar refractivity (Wildman–Crippen MR) is 231 cm³/mol. The Morgan fingerprint density at radius 3 is 1.38 bits per heavy atom. The van der Waals surface area contributed by atoms with Gasteiger partial charge in [-0.2, -0.15) is 0 Å². The highest BCUT2D eigenvalue weighted by atomic mass is 16.6. The van der Waals surface area contributed by atoms with E-state index in [1.807, 2.05) is 115 Å². The van der Waals surface area contributed by atoms with E-state index in [0.29, 0.717) is 86.6 Å². The molecule has 6 rings (SSSR count). The topological polar surface area (TPSA) is 170 Å². The molecule has 0 unspecified atom stereocenters. The first kappa shape index (κ1) is 45.7. The van der Waals surface area contributed by atoms with Crippen molar-refractivity contribution in [2.24, 2.45) is 11.8 Å². The molecule has 0 spiro atoms. The van der Waals surface area contributed by atoms with E-state index in [4.69, 9.17) is 18.9 Å². The first-order chi connectivity index (χ1) is 28.4. The largest absolute Gasteiger partial charge is 0.507 e. The van der Waals surface area contributed by atoms with Crippen LogP contribution in [0.2, 0.25) is 0 Å². The maximum atomic E-state index is 12.7. The van der Waals surface area contributed by atoms with E-state index in [1.165, 1.54) is 0 Å². The van der Waals surface area contributed by atoms with Gasteiger partial charge < -0.3 is 39.0 Å². The number of benzene rings is 2. The van der Waals surface area contributed by atoms with Crippen LogP contribution in [0.3, 0.4) is 0 Å². The minimum atomic E-state index is -0.530. The van der Waals surface area contributed by atoms with Crippen LogP contribution in [0.15, 0.2) is 60.9 Å². The molecule has 4 aromatic rings. The Balaban J connectivity index is 0.000000228. The highest BCUT2D eigenvalue weighted by molar-refractivity contribution is 5.75. The Labute approximate surface area is 354 Å². The molecule has 2 aliphatic heterocycles. The molecular formula is C46H62N6O8. The Hall–Kier alpha value is -5.34. The zero-order chi connectivity index (χ0) is 43.8. The molecule has 2 aliphatic rings. The first-order valence-electron chi connectivity index (χ1n) is 20.8. The lowest BCUT2D eigenvalue weighted by atomic mass is 9.93. The van der Waals surface area contributed by atoms with Gasteiger partial charge in [-0.05, 0) is 117 Å². The minimum absolute atomic E-state index is 0.220. The van der Waals surface area contributed by atoms with Crippen LogP contribution in [-0.2, 0) is 28.5 Å². The standard InChI is InChI=1S/2C23H31N3O4/c2*1-6-29-19-14-26(13-11-17(19)21(28)30-23(3,4)5)22-24-12-10-18(25-22)16-9-7-8-15(2)20(16)27/h2*7-10,12,17,19,27H,6,11,13-14H2,1-5H3/t2*17-,19+/m10/s1. The van der Waals surface area contributed by atoms with Crippen molar-refractivity contribution in [3.05, 3.63) is 72.1 Å². The second-order valence-electron chi connectivity index (χ2n) is 17.2. The van der Waals surface area contributed by atoms with Crippen LogP contribution >= 0.6 is 0 Å². The molecule has 0 saturated carbocycles. The van der Waals surface area contributed by atoms with E-state index in [0.717, 1.165) is 11.1 Å². The highest BCUT2D eigenvalue weighted by Gasteiger charge is 2.39. The van der Waals surface area contributed by atoms with Crippen molar-refractivity contribution in [3.8, 4) is 34.0 Å². The zero-order valence-electron chi connectivity index (χ0n) is 36.8. The second-order valence-corrected chi connectivity index (χ2v) is 17.2. The van der Waals surface area contributed by atoms with Gasteiger partial charge >= 0.3 is 11.9 Å². The molecule has 4 heterocycles. The molecule has 60 heavy (non-hydrogen) atoms. The number of nitrogens with zero attached hydrogens (tertiary/aromatic N) is 6. The molecule has 324 valence electrons. The Morgan fingerprint density at radius 1 is 0.650 bits per heavy atom. The van der Waals surface area contributed by atoms with Crippen LogP contribution < -0.4 is 9.80 Å². The summed E-state index contributed by atoms with van der Waals surface area (Å²) in [6, 6.07) is 14.7. The van der Waals surface area contributed by atoms with Crippen LogP contribution in [0, 0.1) is 25.7 Å². The Morgan fingerprint density at radius 2 is 1.03 bits per heavy atom. The number of hydrogen-bond acceptors (Lipinski definition) is 14. The summed E-state index contributed by atoms with van der Waals surface area (Å²) in [6.45, 7) is 22.0. The van der Waals surface area contributed by atoms with E-state index in [1.54, 1.807) is 24.5 Å². The van der Waals surface area contributed by atoms with E-state index in [2.05, 4.69) is 19.9 Å². The van der Waals surface area contributed by atoms with Gasteiger partial charge in [0, 0.05) is 62.9 Å². The average molecular weight is 827 g/mol. The predicted octanol–water partition coefficient (Wildman–Crippen LogP) is 7.46. The van der Waals surface area contributed by atoms with Gasteiger partial charge in [-0.1, -0.05) is 24.3 Å². The molecule has 2 saturated heterocycles. The number of esters is 2. The average Bonchev–Trinajstić information content (AvgIpc) is 3.19. The summed E-state index contributed by atoms with van der Waals surface area (Å²) in [5.41, 5.74) is 3.18. The monoisotopic (exact) mass is 826 g/mol. The van der Waals surface area contributed by atoms with Gasteiger partial charge in [-0.3, -0.25) is 9.59 Å². The number of piperidine rings is 2. The van der Waals surface area contributed by atoms with Crippen molar-refractivity contribution in [2.75, 3.05) is 49.2 Å².